The van der Waals surface area contributed by atoms with E-state index >= 15 is 0 Å². The summed E-state index contributed by atoms with van der Waals surface area (Å²) in [5.74, 6) is 0.294. The minimum Gasteiger partial charge on any atom is -0.395 e. The van der Waals surface area contributed by atoms with Crippen LogP contribution in [0.5, 0.6) is 0 Å². The van der Waals surface area contributed by atoms with E-state index in [0.717, 1.165) is 11.1 Å². The van der Waals surface area contributed by atoms with E-state index in [2.05, 4.69) is 15.0 Å². The molecule has 0 radical (unpaired) electrons. The molecule has 15 heavy (non-hydrogen) atoms. The molecule has 0 aliphatic heterocycles. The fourth-order valence-corrected chi connectivity index (χ4v) is 1.29. The molecule has 0 aliphatic carbocycles. The molecule has 0 aliphatic rings. The van der Waals surface area contributed by atoms with Crippen LogP contribution < -0.4 is 11.5 Å². The first-order valence-corrected chi connectivity index (χ1v) is 4.54. The number of nitrogens with zero attached hydrogens (tertiary/aromatic N) is 3. The molecule has 0 spiro atoms. The average Bonchev–Trinajstić information content (AvgIpc) is 2.24. The second-order valence-corrected chi connectivity index (χ2v) is 3.24. The number of rotatable bonds is 1. The molecule has 0 saturated heterocycles. The summed E-state index contributed by atoms with van der Waals surface area (Å²) in [6.45, 7) is 0. The molecule has 2 aromatic heterocycles. The van der Waals surface area contributed by atoms with E-state index in [4.69, 9.17) is 23.1 Å². The van der Waals surface area contributed by atoms with Crippen LogP contribution in [0.25, 0.3) is 11.1 Å². The van der Waals surface area contributed by atoms with Gasteiger partial charge in [-0.2, -0.15) is 0 Å². The van der Waals surface area contributed by atoms with Crippen LogP contribution in [0.4, 0.5) is 11.5 Å². The standard InChI is InChI=1S/C9H8ClN5/c10-9-14-3-5(4-15-9)6-1-2-13-8(12)7(6)11/h1-4H,11H2,(H2,12,13). The van der Waals surface area contributed by atoms with E-state index in [0.29, 0.717) is 11.5 Å². The maximum absolute atomic E-state index is 5.78. The van der Waals surface area contributed by atoms with Crippen LogP contribution in [0.2, 0.25) is 5.28 Å². The Labute approximate surface area is 91.1 Å². The normalized spacial score (nSPS) is 10.2. The van der Waals surface area contributed by atoms with Gasteiger partial charge in [-0.15, -0.1) is 0 Å². The van der Waals surface area contributed by atoms with Gasteiger partial charge in [0.1, 0.15) is 5.82 Å². The van der Waals surface area contributed by atoms with Crippen LogP contribution in [-0.2, 0) is 0 Å². The van der Waals surface area contributed by atoms with Crippen molar-refractivity contribution in [2.45, 2.75) is 0 Å². The van der Waals surface area contributed by atoms with Crippen molar-refractivity contribution >= 4 is 23.1 Å². The van der Waals surface area contributed by atoms with Gasteiger partial charge in [0.2, 0.25) is 5.28 Å². The molecule has 0 fully saturated rings. The van der Waals surface area contributed by atoms with Crippen molar-refractivity contribution in [3.8, 4) is 11.1 Å². The predicted molar refractivity (Wildman–Crippen MR) is 59.1 cm³/mol. The number of aromatic nitrogens is 3. The van der Waals surface area contributed by atoms with E-state index in [-0.39, 0.29) is 5.28 Å². The van der Waals surface area contributed by atoms with Crippen LogP contribution in [0.1, 0.15) is 0 Å². The van der Waals surface area contributed by atoms with E-state index in [1.54, 1.807) is 24.7 Å². The van der Waals surface area contributed by atoms with Gasteiger partial charge in [0.05, 0.1) is 5.69 Å². The predicted octanol–water partition coefficient (Wildman–Crippen LogP) is 1.36. The minimum absolute atomic E-state index is 0.194. The summed E-state index contributed by atoms with van der Waals surface area (Å²) >= 11 is 5.58. The first-order valence-electron chi connectivity index (χ1n) is 4.16. The first kappa shape index (κ1) is 9.67. The van der Waals surface area contributed by atoms with Gasteiger partial charge in [-0.3, -0.25) is 0 Å². The van der Waals surface area contributed by atoms with Gasteiger partial charge in [-0.1, -0.05) is 0 Å². The monoisotopic (exact) mass is 221 g/mol. The van der Waals surface area contributed by atoms with Crippen molar-refractivity contribution in [1.82, 2.24) is 15.0 Å². The summed E-state index contributed by atoms with van der Waals surface area (Å²) < 4.78 is 0. The second kappa shape index (κ2) is 3.70. The molecular formula is C9H8ClN5. The van der Waals surface area contributed by atoms with Gasteiger partial charge < -0.3 is 11.5 Å². The fraction of sp³-hybridized carbons (Fsp3) is 0. The first-order chi connectivity index (χ1) is 7.18. The number of halogens is 1. The van der Waals surface area contributed by atoms with E-state index in [1.165, 1.54) is 0 Å². The Morgan fingerprint density at radius 1 is 1.07 bits per heavy atom. The van der Waals surface area contributed by atoms with E-state index in [9.17, 15) is 0 Å². The zero-order chi connectivity index (χ0) is 10.8. The van der Waals surface area contributed by atoms with Gasteiger partial charge >= 0.3 is 0 Å². The maximum Gasteiger partial charge on any atom is 0.222 e. The van der Waals surface area contributed by atoms with Crippen LogP contribution in [0.3, 0.4) is 0 Å². The van der Waals surface area contributed by atoms with Crippen LogP contribution >= 0.6 is 11.6 Å². The molecule has 0 saturated carbocycles. The van der Waals surface area contributed by atoms with Gasteiger partial charge in [0.25, 0.3) is 0 Å². The Bertz CT molecular complexity index is 482. The van der Waals surface area contributed by atoms with Crippen molar-refractivity contribution in [3.05, 3.63) is 29.9 Å². The number of anilines is 2. The molecule has 2 rings (SSSR count). The van der Waals surface area contributed by atoms with Crippen molar-refractivity contribution in [1.29, 1.82) is 0 Å². The number of nitrogens with two attached hydrogens (primary N) is 2. The summed E-state index contributed by atoms with van der Waals surface area (Å²) in [7, 11) is 0. The van der Waals surface area contributed by atoms with Gasteiger partial charge in [-0.25, -0.2) is 15.0 Å². The lowest BCUT2D eigenvalue weighted by Crippen LogP contribution is -1.99. The molecule has 0 amide bonds. The maximum atomic E-state index is 5.78. The highest BCUT2D eigenvalue weighted by Crippen LogP contribution is 2.27. The molecule has 2 heterocycles. The smallest absolute Gasteiger partial charge is 0.222 e. The largest absolute Gasteiger partial charge is 0.395 e. The Balaban J connectivity index is 2.54. The highest BCUT2D eigenvalue weighted by Gasteiger charge is 2.06. The number of nitrogen functional groups attached to an aromatic ring is 2. The van der Waals surface area contributed by atoms with Crippen LogP contribution in [0, 0.1) is 0 Å². The molecular weight excluding hydrogens is 214 g/mol. The molecule has 2 aromatic rings. The van der Waals surface area contributed by atoms with Crippen molar-refractivity contribution in [2.75, 3.05) is 11.5 Å². The number of hydrogen-bond donors (Lipinski definition) is 2. The molecule has 0 bridgehead atoms. The lowest BCUT2D eigenvalue weighted by atomic mass is 10.1. The third kappa shape index (κ3) is 1.82. The minimum atomic E-state index is 0.194. The van der Waals surface area contributed by atoms with Crippen LogP contribution in [-0.4, -0.2) is 15.0 Å². The second-order valence-electron chi connectivity index (χ2n) is 2.90. The van der Waals surface area contributed by atoms with Gasteiger partial charge in [0, 0.05) is 29.7 Å². The summed E-state index contributed by atoms with van der Waals surface area (Å²) in [6.07, 6.45) is 4.75. The third-order valence-corrected chi connectivity index (χ3v) is 2.15. The zero-order valence-electron chi connectivity index (χ0n) is 7.68. The van der Waals surface area contributed by atoms with E-state index < -0.39 is 0 Å². The van der Waals surface area contributed by atoms with Crippen molar-refractivity contribution in [2.24, 2.45) is 0 Å². The molecule has 0 aromatic carbocycles. The Kier molecular flexibility index (Phi) is 2.39. The lowest BCUT2D eigenvalue weighted by Gasteiger charge is -2.06. The summed E-state index contributed by atoms with van der Waals surface area (Å²) in [5.41, 5.74) is 13.3. The van der Waals surface area contributed by atoms with Gasteiger partial charge in [-0.05, 0) is 17.7 Å². The number of pyridine rings is 1. The number of hydrogen-bond acceptors (Lipinski definition) is 5. The molecule has 0 atom stereocenters. The molecule has 76 valence electrons. The van der Waals surface area contributed by atoms with Crippen molar-refractivity contribution in [3.63, 3.8) is 0 Å². The highest BCUT2D eigenvalue weighted by atomic mass is 35.5. The quantitative estimate of drug-likeness (QED) is 0.710. The fourth-order valence-electron chi connectivity index (χ4n) is 1.19. The Morgan fingerprint density at radius 2 is 1.73 bits per heavy atom. The SMILES string of the molecule is Nc1nccc(-c2cnc(Cl)nc2)c1N. The average molecular weight is 222 g/mol. The lowest BCUT2D eigenvalue weighted by molar-refractivity contribution is 1.17. The summed E-state index contributed by atoms with van der Waals surface area (Å²) in [4.78, 5) is 11.6. The zero-order valence-corrected chi connectivity index (χ0v) is 8.44. The highest BCUT2D eigenvalue weighted by molar-refractivity contribution is 6.28. The molecule has 5 nitrogen and oxygen atoms in total. The Morgan fingerprint density at radius 3 is 2.40 bits per heavy atom. The molecule has 0 unspecified atom stereocenters. The van der Waals surface area contributed by atoms with Crippen LogP contribution in [0.15, 0.2) is 24.7 Å². The van der Waals surface area contributed by atoms with Gasteiger partial charge in [0.15, 0.2) is 0 Å². The van der Waals surface area contributed by atoms with Crippen molar-refractivity contribution < 1.29 is 0 Å². The Hall–Kier alpha value is -1.88. The molecule has 4 N–H and O–H groups in total. The molecule has 6 heteroatoms. The summed E-state index contributed by atoms with van der Waals surface area (Å²) in [5, 5.41) is 0.194. The summed E-state index contributed by atoms with van der Waals surface area (Å²) in [6, 6.07) is 1.75. The third-order valence-electron chi connectivity index (χ3n) is 1.95. The van der Waals surface area contributed by atoms with E-state index in [1.807, 2.05) is 0 Å². The topological polar surface area (TPSA) is 90.7 Å².